The summed E-state index contributed by atoms with van der Waals surface area (Å²) in [4.78, 5) is 25.4. The Balaban J connectivity index is 1.65. The van der Waals surface area contributed by atoms with Gasteiger partial charge >= 0.3 is 5.97 Å². The van der Waals surface area contributed by atoms with Crippen molar-refractivity contribution < 1.29 is 19.4 Å². The van der Waals surface area contributed by atoms with Crippen LogP contribution in [0.2, 0.25) is 0 Å². The van der Waals surface area contributed by atoms with Crippen LogP contribution in [0.15, 0.2) is 36.5 Å². The Labute approximate surface area is 152 Å². The van der Waals surface area contributed by atoms with E-state index in [9.17, 15) is 9.59 Å². The van der Waals surface area contributed by atoms with Gasteiger partial charge in [-0.25, -0.2) is 0 Å². The van der Waals surface area contributed by atoms with E-state index in [-0.39, 0.29) is 18.4 Å². The summed E-state index contributed by atoms with van der Waals surface area (Å²) in [6, 6.07) is 9.40. The minimum atomic E-state index is -0.920. The lowest BCUT2D eigenvalue weighted by atomic mass is 9.94. The number of nitrogens with zero attached hydrogens (tertiary/aromatic N) is 3. The molecule has 0 radical (unpaired) electrons. The topological polar surface area (TPSA) is 84.7 Å². The molecule has 2 heterocycles. The van der Waals surface area contributed by atoms with Crippen LogP contribution in [0.1, 0.15) is 30.0 Å². The summed E-state index contributed by atoms with van der Waals surface area (Å²) >= 11 is 0. The van der Waals surface area contributed by atoms with E-state index in [0.717, 1.165) is 36.4 Å². The summed E-state index contributed by atoms with van der Waals surface area (Å²) in [7, 11) is 1.60. The predicted octanol–water partition coefficient (Wildman–Crippen LogP) is 1.93. The Morgan fingerprint density at radius 2 is 2.12 bits per heavy atom. The second-order valence-electron chi connectivity index (χ2n) is 6.50. The number of carbonyl (C=O) groups is 2. The van der Waals surface area contributed by atoms with Gasteiger partial charge in [-0.05, 0) is 25.0 Å². The van der Waals surface area contributed by atoms with Crippen LogP contribution in [0.3, 0.4) is 0 Å². The summed E-state index contributed by atoms with van der Waals surface area (Å²) < 4.78 is 6.75. The monoisotopic (exact) mass is 357 g/mol. The van der Waals surface area contributed by atoms with Crippen molar-refractivity contribution in [2.24, 2.45) is 0 Å². The highest BCUT2D eigenvalue weighted by atomic mass is 16.5. The van der Waals surface area contributed by atoms with Gasteiger partial charge in [-0.3, -0.25) is 14.3 Å². The van der Waals surface area contributed by atoms with Gasteiger partial charge in [-0.2, -0.15) is 5.10 Å². The summed E-state index contributed by atoms with van der Waals surface area (Å²) in [5.41, 5.74) is 1.73. The Kier molecular flexibility index (Phi) is 5.55. The van der Waals surface area contributed by atoms with E-state index in [2.05, 4.69) is 5.10 Å². The Morgan fingerprint density at radius 3 is 2.88 bits per heavy atom. The first-order valence-corrected chi connectivity index (χ1v) is 8.71. The number of hydrogen-bond acceptors (Lipinski definition) is 4. The summed E-state index contributed by atoms with van der Waals surface area (Å²) in [5.74, 6) is 0.0170. The number of aromatic nitrogens is 2. The van der Waals surface area contributed by atoms with Gasteiger partial charge in [-0.1, -0.05) is 18.2 Å². The second kappa shape index (κ2) is 8.03. The third kappa shape index (κ3) is 4.22. The molecule has 7 heteroatoms. The smallest absolute Gasteiger partial charge is 0.325 e. The van der Waals surface area contributed by atoms with Crippen molar-refractivity contribution in [3.05, 3.63) is 47.8 Å². The molecule has 1 fully saturated rings. The van der Waals surface area contributed by atoms with Crippen molar-refractivity contribution in [1.29, 1.82) is 0 Å². The zero-order valence-corrected chi connectivity index (χ0v) is 14.8. The number of rotatable bonds is 6. The first kappa shape index (κ1) is 18.0. The van der Waals surface area contributed by atoms with E-state index < -0.39 is 5.97 Å². The number of amides is 1. The number of methoxy groups -OCH3 is 1. The van der Waals surface area contributed by atoms with E-state index in [1.165, 1.54) is 4.68 Å². The van der Waals surface area contributed by atoms with Crippen LogP contribution in [0.5, 0.6) is 5.75 Å². The molecule has 1 atom stereocenters. The lowest BCUT2D eigenvalue weighted by Gasteiger charge is -2.32. The van der Waals surface area contributed by atoms with Crippen molar-refractivity contribution in [1.82, 2.24) is 14.7 Å². The fraction of sp³-hybridized carbons (Fsp3) is 0.421. The van der Waals surface area contributed by atoms with Crippen LogP contribution in [0.4, 0.5) is 0 Å². The van der Waals surface area contributed by atoms with E-state index in [1.54, 1.807) is 13.3 Å². The molecule has 3 rings (SSSR count). The predicted molar refractivity (Wildman–Crippen MR) is 95.1 cm³/mol. The van der Waals surface area contributed by atoms with Gasteiger partial charge < -0.3 is 14.7 Å². The van der Waals surface area contributed by atoms with E-state index in [4.69, 9.17) is 9.84 Å². The number of carbonyl (C=O) groups excluding carboxylic acids is 1. The molecule has 1 aliphatic heterocycles. The molecule has 1 aromatic carbocycles. The lowest BCUT2D eigenvalue weighted by Crippen LogP contribution is -2.40. The number of benzene rings is 1. The molecule has 1 saturated heterocycles. The minimum Gasteiger partial charge on any atom is -0.496 e. The average Bonchev–Trinajstić information content (AvgIpc) is 3.10. The maximum absolute atomic E-state index is 12.7. The number of carboxylic acids is 1. The van der Waals surface area contributed by atoms with Crippen molar-refractivity contribution in [3.63, 3.8) is 0 Å². The number of likely N-dealkylation sites (tertiary alicyclic amines) is 1. The molecule has 2 aromatic rings. The average molecular weight is 357 g/mol. The molecule has 0 spiro atoms. The number of carboxylic acid groups (broad SMARTS) is 1. The van der Waals surface area contributed by atoms with Crippen molar-refractivity contribution in [2.75, 3.05) is 20.2 Å². The van der Waals surface area contributed by atoms with Crippen molar-refractivity contribution in [3.8, 4) is 5.75 Å². The molecule has 1 amide bonds. The van der Waals surface area contributed by atoms with Gasteiger partial charge in [0.15, 0.2) is 0 Å². The normalized spacial score (nSPS) is 17.1. The summed E-state index contributed by atoms with van der Waals surface area (Å²) in [5, 5.41) is 13.2. The van der Waals surface area contributed by atoms with Crippen LogP contribution in [-0.2, 0) is 22.6 Å². The second-order valence-corrected chi connectivity index (χ2v) is 6.50. The SMILES string of the molecule is COc1ccccc1CC(=O)N1CCC[C@@H](c2ccn(CC(=O)O)n2)C1. The molecule has 26 heavy (non-hydrogen) atoms. The van der Waals surface area contributed by atoms with Gasteiger partial charge in [0, 0.05) is 30.8 Å². The van der Waals surface area contributed by atoms with Gasteiger partial charge in [-0.15, -0.1) is 0 Å². The highest BCUT2D eigenvalue weighted by molar-refractivity contribution is 5.79. The van der Waals surface area contributed by atoms with Crippen molar-refractivity contribution >= 4 is 11.9 Å². The standard InChI is InChI=1S/C19H23N3O4/c1-26-17-7-3-2-5-14(17)11-18(23)21-9-4-6-15(12-21)16-8-10-22(20-16)13-19(24)25/h2-3,5,7-8,10,15H,4,6,9,11-13H2,1H3,(H,24,25)/t15-/m1/s1. The molecular weight excluding hydrogens is 334 g/mol. The van der Waals surface area contributed by atoms with E-state index in [1.807, 2.05) is 35.2 Å². The molecule has 1 aliphatic rings. The van der Waals surface area contributed by atoms with E-state index in [0.29, 0.717) is 13.0 Å². The van der Waals surface area contributed by atoms with Crippen LogP contribution >= 0.6 is 0 Å². The first-order chi connectivity index (χ1) is 12.6. The maximum Gasteiger partial charge on any atom is 0.325 e. The molecule has 0 aliphatic carbocycles. The highest BCUT2D eigenvalue weighted by Gasteiger charge is 2.26. The molecule has 1 aromatic heterocycles. The van der Waals surface area contributed by atoms with Crippen LogP contribution in [-0.4, -0.2) is 51.9 Å². The van der Waals surface area contributed by atoms with Gasteiger partial charge in [0.2, 0.25) is 5.91 Å². The third-order valence-corrected chi connectivity index (χ3v) is 4.69. The minimum absolute atomic E-state index is 0.0733. The number of para-hydroxylation sites is 1. The zero-order chi connectivity index (χ0) is 18.5. The van der Waals surface area contributed by atoms with Crippen molar-refractivity contribution in [2.45, 2.75) is 31.7 Å². The lowest BCUT2D eigenvalue weighted by molar-refractivity contribution is -0.138. The molecule has 1 N–H and O–H groups in total. The van der Waals surface area contributed by atoms with Gasteiger partial charge in [0.05, 0.1) is 19.2 Å². The molecule has 0 unspecified atom stereocenters. The molecule has 7 nitrogen and oxygen atoms in total. The third-order valence-electron chi connectivity index (χ3n) is 4.69. The van der Waals surface area contributed by atoms with Gasteiger partial charge in [0.25, 0.3) is 0 Å². The Hall–Kier alpha value is -2.83. The van der Waals surface area contributed by atoms with Gasteiger partial charge in [0.1, 0.15) is 12.3 Å². The summed E-state index contributed by atoms with van der Waals surface area (Å²) in [6.07, 6.45) is 3.85. The molecule has 138 valence electrons. The Morgan fingerprint density at radius 1 is 1.31 bits per heavy atom. The maximum atomic E-state index is 12.7. The molecule has 0 bridgehead atoms. The number of hydrogen-bond donors (Lipinski definition) is 1. The summed E-state index contributed by atoms with van der Waals surface area (Å²) in [6.45, 7) is 1.20. The zero-order valence-electron chi connectivity index (χ0n) is 14.8. The van der Waals surface area contributed by atoms with Crippen LogP contribution < -0.4 is 4.74 Å². The quantitative estimate of drug-likeness (QED) is 0.854. The fourth-order valence-electron chi connectivity index (χ4n) is 3.39. The van der Waals surface area contributed by atoms with Crippen LogP contribution in [0, 0.1) is 0 Å². The Bertz CT molecular complexity index is 787. The van der Waals surface area contributed by atoms with E-state index >= 15 is 0 Å². The number of ether oxygens (including phenoxy) is 1. The number of aliphatic carboxylic acids is 1. The fourth-order valence-corrected chi connectivity index (χ4v) is 3.39. The molecular formula is C19H23N3O4. The molecule has 0 saturated carbocycles. The number of piperidine rings is 1. The highest BCUT2D eigenvalue weighted by Crippen LogP contribution is 2.27. The first-order valence-electron chi connectivity index (χ1n) is 8.71. The largest absolute Gasteiger partial charge is 0.496 e. The van der Waals surface area contributed by atoms with Crippen LogP contribution in [0.25, 0.3) is 0 Å².